The average Bonchev–Trinajstić information content (AvgIpc) is 3.17. The fourth-order valence-electron chi connectivity index (χ4n) is 3.93. The van der Waals surface area contributed by atoms with E-state index >= 15 is 0 Å². The summed E-state index contributed by atoms with van der Waals surface area (Å²) in [5.74, 6) is 0.0477. The van der Waals surface area contributed by atoms with Crippen molar-refractivity contribution in [3.63, 3.8) is 0 Å². The lowest BCUT2D eigenvalue weighted by molar-refractivity contribution is -0.110. The van der Waals surface area contributed by atoms with Crippen LogP contribution in [0.5, 0.6) is 0 Å². The smallest absolute Gasteiger partial charge is 0.273 e. The van der Waals surface area contributed by atoms with Gasteiger partial charge in [0.1, 0.15) is 11.4 Å². The van der Waals surface area contributed by atoms with Gasteiger partial charge < -0.3 is 20.8 Å². The highest BCUT2D eigenvalue weighted by Gasteiger charge is 2.18. The number of nitrogens with zero attached hydrogens (tertiary/aromatic N) is 2. The Bertz CT molecular complexity index is 1270. The number of H-pyrrole nitrogens is 1. The number of allylic oxidation sites excluding steroid dienone is 5. The van der Waals surface area contributed by atoms with E-state index in [-0.39, 0.29) is 5.71 Å². The van der Waals surface area contributed by atoms with Gasteiger partial charge in [0.25, 0.3) is 5.91 Å². The van der Waals surface area contributed by atoms with Crippen LogP contribution < -0.4 is 11.1 Å². The molecule has 2 aliphatic heterocycles. The highest BCUT2D eigenvalue weighted by atomic mass is 16.5. The first-order valence-corrected chi connectivity index (χ1v) is 11.4. The maximum atomic E-state index is 12.4. The van der Waals surface area contributed by atoms with Crippen molar-refractivity contribution in [3.05, 3.63) is 65.8 Å². The molecule has 1 saturated heterocycles. The summed E-state index contributed by atoms with van der Waals surface area (Å²) >= 11 is 0. The van der Waals surface area contributed by atoms with Gasteiger partial charge in [-0.3, -0.25) is 15.2 Å². The van der Waals surface area contributed by atoms with Crippen LogP contribution in [-0.4, -0.2) is 40.5 Å². The topological polar surface area (TPSA) is 129 Å². The van der Waals surface area contributed by atoms with Gasteiger partial charge in [-0.05, 0) is 62.3 Å². The summed E-state index contributed by atoms with van der Waals surface area (Å²) in [5, 5.41) is 11.6. The summed E-state index contributed by atoms with van der Waals surface area (Å²) in [6.07, 6.45) is 10.4. The van der Waals surface area contributed by atoms with Crippen molar-refractivity contribution >= 4 is 39.6 Å². The third kappa shape index (κ3) is 5.23. The number of anilines is 1. The second-order valence-electron chi connectivity index (χ2n) is 8.76. The summed E-state index contributed by atoms with van der Waals surface area (Å²) in [5.41, 5.74) is 11.4. The van der Waals surface area contributed by atoms with Crippen LogP contribution in [0.3, 0.4) is 0 Å². The van der Waals surface area contributed by atoms with E-state index in [1.807, 2.05) is 30.5 Å². The molecule has 0 bridgehead atoms. The van der Waals surface area contributed by atoms with Crippen LogP contribution in [0.1, 0.15) is 38.8 Å². The minimum atomic E-state index is -0.529. The Hall–Kier alpha value is -3.78. The third-order valence-electron chi connectivity index (χ3n) is 6.25. The SMILES string of the molecule is C=C1C=CC(c2cc3cc(NC(=O)C(=N)C(C)=C(C)N)cnc3[nH]2)=CN=C1CC1CCOCC1. The second kappa shape index (κ2) is 10.0. The first-order valence-electron chi connectivity index (χ1n) is 11.4. The molecule has 8 heteroatoms. The lowest BCUT2D eigenvalue weighted by Crippen LogP contribution is -2.24. The average molecular weight is 459 g/mol. The van der Waals surface area contributed by atoms with Crippen molar-refractivity contribution in [2.24, 2.45) is 16.6 Å². The van der Waals surface area contributed by atoms with Crippen LogP contribution in [0.25, 0.3) is 16.6 Å². The van der Waals surface area contributed by atoms with E-state index in [0.717, 1.165) is 60.4 Å². The molecule has 0 aliphatic carbocycles. The number of hydrogen-bond acceptors (Lipinski definition) is 6. The summed E-state index contributed by atoms with van der Waals surface area (Å²) in [7, 11) is 0. The van der Waals surface area contributed by atoms with E-state index in [4.69, 9.17) is 20.9 Å². The van der Waals surface area contributed by atoms with E-state index < -0.39 is 5.91 Å². The van der Waals surface area contributed by atoms with Crippen molar-refractivity contribution in [3.8, 4) is 0 Å². The van der Waals surface area contributed by atoms with Crippen LogP contribution >= 0.6 is 0 Å². The molecule has 2 aromatic rings. The van der Waals surface area contributed by atoms with Gasteiger partial charge in [0.15, 0.2) is 0 Å². The Balaban J connectivity index is 1.53. The number of carbonyl (C=O) groups is 1. The van der Waals surface area contributed by atoms with Crippen molar-refractivity contribution in [2.45, 2.75) is 33.1 Å². The van der Waals surface area contributed by atoms with Crippen LogP contribution in [0.2, 0.25) is 0 Å². The molecule has 0 atom stereocenters. The number of pyridine rings is 1. The quantitative estimate of drug-likeness (QED) is 0.475. The van der Waals surface area contributed by atoms with E-state index in [1.54, 1.807) is 20.0 Å². The molecule has 8 nitrogen and oxygen atoms in total. The van der Waals surface area contributed by atoms with Gasteiger partial charge in [-0.1, -0.05) is 18.7 Å². The highest BCUT2D eigenvalue weighted by molar-refractivity contribution is 6.47. The number of fused-ring (bicyclic) bond motifs is 1. The van der Waals surface area contributed by atoms with Gasteiger partial charge in [0.2, 0.25) is 0 Å². The van der Waals surface area contributed by atoms with Crippen molar-refractivity contribution < 1.29 is 9.53 Å². The third-order valence-corrected chi connectivity index (χ3v) is 6.25. The van der Waals surface area contributed by atoms with Gasteiger partial charge in [0.05, 0.1) is 11.9 Å². The van der Waals surface area contributed by atoms with E-state index in [9.17, 15) is 4.79 Å². The largest absolute Gasteiger partial charge is 0.402 e. The molecule has 2 aromatic heterocycles. The fourth-order valence-corrected chi connectivity index (χ4v) is 3.93. The number of hydrogen-bond donors (Lipinski definition) is 4. The number of carbonyl (C=O) groups excluding carboxylic acids is 1. The van der Waals surface area contributed by atoms with Gasteiger partial charge >= 0.3 is 0 Å². The lowest BCUT2D eigenvalue weighted by atomic mass is 9.91. The number of aromatic amines is 1. The number of ether oxygens (including phenoxy) is 1. The van der Waals surface area contributed by atoms with Gasteiger partial charge in [-0.2, -0.15) is 0 Å². The number of aromatic nitrogens is 2. The number of rotatable bonds is 6. The molecule has 1 amide bonds. The summed E-state index contributed by atoms with van der Waals surface area (Å²) < 4.78 is 5.47. The molecule has 0 unspecified atom stereocenters. The molecule has 1 fully saturated rings. The number of amides is 1. The normalized spacial score (nSPS) is 17.6. The Kier molecular flexibility index (Phi) is 6.88. The Morgan fingerprint density at radius 3 is 2.79 bits per heavy atom. The zero-order valence-electron chi connectivity index (χ0n) is 19.6. The van der Waals surface area contributed by atoms with Crippen molar-refractivity contribution in [1.29, 1.82) is 5.41 Å². The first kappa shape index (κ1) is 23.4. The molecule has 5 N–H and O–H groups in total. The number of nitrogens with one attached hydrogen (secondary N) is 3. The first-order chi connectivity index (χ1) is 16.3. The van der Waals surface area contributed by atoms with Crippen molar-refractivity contribution in [2.75, 3.05) is 18.5 Å². The van der Waals surface area contributed by atoms with Crippen LogP contribution in [-0.2, 0) is 9.53 Å². The molecule has 4 heterocycles. The van der Waals surface area contributed by atoms with Crippen molar-refractivity contribution in [1.82, 2.24) is 9.97 Å². The minimum absolute atomic E-state index is 0.168. The molecular formula is C26H30N6O2. The molecule has 4 rings (SSSR count). The Labute approximate surface area is 198 Å². The van der Waals surface area contributed by atoms with Crippen LogP contribution in [0.4, 0.5) is 5.69 Å². The zero-order valence-corrected chi connectivity index (χ0v) is 19.6. The molecule has 34 heavy (non-hydrogen) atoms. The Morgan fingerprint density at radius 2 is 2.06 bits per heavy atom. The van der Waals surface area contributed by atoms with Gasteiger partial charge in [-0.15, -0.1) is 0 Å². The summed E-state index contributed by atoms with van der Waals surface area (Å²) in [6.45, 7) is 9.14. The predicted octanol–water partition coefficient (Wildman–Crippen LogP) is 4.50. The van der Waals surface area contributed by atoms with Gasteiger partial charge in [-0.25, -0.2) is 4.98 Å². The number of aliphatic imine (C=N–C) groups is 1. The summed E-state index contributed by atoms with van der Waals surface area (Å²) in [4.78, 5) is 24.9. The fraction of sp³-hybridized carbons (Fsp3) is 0.308. The number of nitrogens with two attached hydrogens (primary N) is 1. The molecule has 0 saturated carbocycles. The maximum Gasteiger partial charge on any atom is 0.273 e. The highest BCUT2D eigenvalue weighted by Crippen LogP contribution is 2.27. The van der Waals surface area contributed by atoms with E-state index in [1.165, 1.54) is 0 Å². The van der Waals surface area contributed by atoms with Crippen LogP contribution in [0.15, 0.2) is 65.1 Å². The summed E-state index contributed by atoms with van der Waals surface area (Å²) in [6, 6.07) is 3.79. The van der Waals surface area contributed by atoms with E-state index in [2.05, 4.69) is 21.9 Å². The van der Waals surface area contributed by atoms with Gasteiger partial charge in [0, 0.05) is 47.5 Å². The molecule has 0 radical (unpaired) electrons. The molecule has 176 valence electrons. The molecule has 2 aliphatic rings. The second-order valence-corrected chi connectivity index (χ2v) is 8.76. The standard InChI is InChI=1S/C26H30N6O2/c1-15-4-5-19(13-29-22(15)10-18-6-8-34-9-7-18)23-12-20-11-21(14-30-25(20)32-23)31-26(33)24(28)16(2)17(3)27/h4-5,11-14,18,28H,1,6-10,27H2,2-3H3,(H,30,32)(H,31,33). The zero-order chi connectivity index (χ0) is 24.2. The Morgan fingerprint density at radius 1 is 1.29 bits per heavy atom. The monoisotopic (exact) mass is 458 g/mol. The predicted molar refractivity (Wildman–Crippen MR) is 137 cm³/mol. The maximum absolute atomic E-state index is 12.4. The molecule has 0 spiro atoms. The molecular weight excluding hydrogens is 428 g/mol. The molecule has 0 aromatic carbocycles. The van der Waals surface area contributed by atoms with Crippen LogP contribution in [0, 0.1) is 11.3 Å². The lowest BCUT2D eigenvalue weighted by Gasteiger charge is -2.22. The van der Waals surface area contributed by atoms with E-state index in [0.29, 0.717) is 28.5 Å². The minimum Gasteiger partial charge on any atom is -0.402 e.